The Bertz CT molecular complexity index is 1160. The van der Waals surface area contributed by atoms with Crippen LogP contribution in [0.5, 0.6) is 0 Å². The molecule has 0 aliphatic carbocycles. The minimum Gasteiger partial charge on any atom is -0.341 e. The number of carbonyl (C=O) groups is 1. The summed E-state index contributed by atoms with van der Waals surface area (Å²) >= 11 is 5.93. The van der Waals surface area contributed by atoms with Gasteiger partial charge in [0.25, 0.3) is 5.56 Å². The molecule has 2 aromatic heterocycles. The number of amides is 1. The third kappa shape index (κ3) is 3.96. The summed E-state index contributed by atoms with van der Waals surface area (Å²) < 4.78 is 2.48. The molecular weight excluding hydrogens is 392 g/mol. The van der Waals surface area contributed by atoms with Crippen LogP contribution in [0.2, 0.25) is 5.02 Å². The Kier molecular flexibility index (Phi) is 5.49. The molecule has 7 nitrogen and oxygen atoms in total. The van der Waals surface area contributed by atoms with E-state index in [0.29, 0.717) is 23.6 Å². The van der Waals surface area contributed by atoms with Crippen LogP contribution in [0.15, 0.2) is 52.2 Å². The molecule has 1 saturated heterocycles. The fourth-order valence-electron chi connectivity index (χ4n) is 3.69. The number of pyridine rings is 1. The molecule has 4 rings (SSSR count). The zero-order valence-corrected chi connectivity index (χ0v) is 16.6. The van der Waals surface area contributed by atoms with Crippen molar-refractivity contribution in [2.75, 3.05) is 13.1 Å². The minimum atomic E-state index is -0.518. The highest BCUT2D eigenvalue weighted by Gasteiger charge is 2.21. The quantitative estimate of drug-likeness (QED) is 0.658. The summed E-state index contributed by atoms with van der Waals surface area (Å²) in [4.78, 5) is 44.9. The highest BCUT2D eigenvalue weighted by Crippen LogP contribution is 2.12. The number of halogens is 1. The average Bonchev–Trinajstić information content (AvgIpc) is 2.76. The van der Waals surface area contributed by atoms with Crippen molar-refractivity contribution in [3.8, 4) is 0 Å². The van der Waals surface area contributed by atoms with Crippen molar-refractivity contribution in [2.24, 2.45) is 0 Å². The summed E-state index contributed by atoms with van der Waals surface area (Å²) in [6.45, 7) is 1.38. The van der Waals surface area contributed by atoms with Gasteiger partial charge in [0.05, 0.1) is 12.1 Å². The minimum absolute atomic E-state index is 0.0826. The molecule has 1 aliphatic rings. The van der Waals surface area contributed by atoms with Crippen molar-refractivity contribution in [2.45, 2.75) is 32.4 Å². The number of hydrogen-bond acceptors (Lipinski definition) is 4. The number of carbonyl (C=O) groups excluding carboxylic acids is 1. The van der Waals surface area contributed by atoms with Crippen LogP contribution in [0.4, 0.5) is 0 Å². The molecule has 1 aromatic carbocycles. The van der Waals surface area contributed by atoms with Crippen LogP contribution in [0.1, 0.15) is 24.8 Å². The normalized spacial score (nSPS) is 14.3. The van der Waals surface area contributed by atoms with Gasteiger partial charge in [-0.2, -0.15) is 0 Å². The maximum absolute atomic E-state index is 13.2. The lowest BCUT2D eigenvalue weighted by Gasteiger charge is -2.27. The van der Waals surface area contributed by atoms with E-state index >= 15 is 0 Å². The number of aromatic nitrogens is 3. The number of nitrogens with zero attached hydrogens (tertiary/aromatic N) is 4. The van der Waals surface area contributed by atoms with Gasteiger partial charge in [0.15, 0.2) is 5.52 Å². The van der Waals surface area contributed by atoms with Crippen LogP contribution in [0.25, 0.3) is 11.0 Å². The van der Waals surface area contributed by atoms with Gasteiger partial charge in [0.2, 0.25) is 5.91 Å². The Morgan fingerprint density at radius 3 is 2.45 bits per heavy atom. The first-order valence-electron chi connectivity index (χ1n) is 9.65. The molecular formula is C21H21ClN4O3. The lowest BCUT2D eigenvalue weighted by atomic mass is 10.1. The van der Waals surface area contributed by atoms with Gasteiger partial charge in [-0.3, -0.25) is 18.7 Å². The molecule has 1 amide bonds. The van der Waals surface area contributed by atoms with E-state index in [1.54, 1.807) is 41.3 Å². The molecule has 1 aliphatic heterocycles. The van der Waals surface area contributed by atoms with E-state index in [2.05, 4.69) is 4.98 Å². The SMILES string of the molecule is O=C(Cn1c(=O)n(Cc2ccc(Cl)cc2)c(=O)c2ncccc21)N1CCCCC1. The van der Waals surface area contributed by atoms with Gasteiger partial charge in [0, 0.05) is 24.3 Å². The molecule has 8 heteroatoms. The Labute approximate surface area is 172 Å². The van der Waals surface area contributed by atoms with Crippen molar-refractivity contribution in [1.82, 2.24) is 19.0 Å². The van der Waals surface area contributed by atoms with Crippen LogP contribution < -0.4 is 11.2 Å². The Morgan fingerprint density at radius 2 is 1.72 bits per heavy atom. The van der Waals surface area contributed by atoms with Gasteiger partial charge < -0.3 is 4.90 Å². The van der Waals surface area contributed by atoms with Gasteiger partial charge in [-0.15, -0.1) is 0 Å². The molecule has 3 heterocycles. The molecule has 29 heavy (non-hydrogen) atoms. The lowest BCUT2D eigenvalue weighted by Crippen LogP contribution is -2.44. The summed E-state index contributed by atoms with van der Waals surface area (Å²) in [6.07, 6.45) is 4.57. The summed E-state index contributed by atoms with van der Waals surface area (Å²) in [5.41, 5.74) is 0.323. The molecule has 0 bridgehead atoms. The van der Waals surface area contributed by atoms with E-state index in [-0.39, 0.29) is 24.5 Å². The topological polar surface area (TPSA) is 77.2 Å². The van der Waals surface area contributed by atoms with Crippen LogP contribution in [0, 0.1) is 0 Å². The number of likely N-dealkylation sites (tertiary alicyclic amines) is 1. The first-order valence-corrected chi connectivity index (χ1v) is 10.0. The van der Waals surface area contributed by atoms with E-state index in [1.807, 2.05) is 0 Å². The smallest absolute Gasteiger partial charge is 0.332 e. The number of rotatable bonds is 4. The molecule has 0 saturated carbocycles. The van der Waals surface area contributed by atoms with E-state index < -0.39 is 11.2 Å². The lowest BCUT2D eigenvalue weighted by molar-refractivity contribution is -0.132. The van der Waals surface area contributed by atoms with Gasteiger partial charge in [-0.1, -0.05) is 23.7 Å². The van der Waals surface area contributed by atoms with Gasteiger partial charge >= 0.3 is 5.69 Å². The Hall–Kier alpha value is -2.93. The van der Waals surface area contributed by atoms with Crippen LogP contribution >= 0.6 is 11.6 Å². The molecule has 150 valence electrons. The Morgan fingerprint density at radius 1 is 1.00 bits per heavy atom. The molecule has 0 N–H and O–H groups in total. The summed E-state index contributed by atoms with van der Waals surface area (Å²) in [6, 6.07) is 10.3. The van der Waals surface area contributed by atoms with Crippen molar-refractivity contribution in [3.05, 3.63) is 74.0 Å². The predicted molar refractivity (Wildman–Crippen MR) is 111 cm³/mol. The average molecular weight is 413 g/mol. The molecule has 0 unspecified atom stereocenters. The third-order valence-electron chi connectivity index (χ3n) is 5.24. The first kappa shape index (κ1) is 19.4. The van der Waals surface area contributed by atoms with Crippen LogP contribution in [-0.2, 0) is 17.9 Å². The van der Waals surface area contributed by atoms with E-state index in [0.717, 1.165) is 29.4 Å². The summed E-state index contributed by atoms with van der Waals surface area (Å²) in [5, 5.41) is 0.575. The van der Waals surface area contributed by atoms with Crippen molar-refractivity contribution in [1.29, 1.82) is 0 Å². The second-order valence-corrected chi connectivity index (χ2v) is 7.64. The monoisotopic (exact) mass is 412 g/mol. The second-order valence-electron chi connectivity index (χ2n) is 7.20. The number of hydrogen-bond donors (Lipinski definition) is 0. The zero-order valence-electron chi connectivity index (χ0n) is 15.9. The maximum Gasteiger partial charge on any atom is 0.332 e. The third-order valence-corrected chi connectivity index (χ3v) is 5.49. The highest BCUT2D eigenvalue weighted by molar-refractivity contribution is 6.30. The fourth-order valence-corrected chi connectivity index (χ4v) is 3.81. The fraction of sp³-hybridized carbons (Fsp3) is 0.333. The van der Waals surface area contributed by atoms with E-state index in [4.69, 9.17) is 11.6 Å². The first-order chi connectivity index (χ1) is 14.0. The molecule has 0 spiro atoms. The van der Waals surface area contributed by atoms with Crippen LogP contribution in [0.3, 0.4) is 0 Å². The van der Waals surface area contributed by atoms with E-state index in [1.165, 1.54) is 10.8 Å². The molecule has 3 aromatic rings. The largest absolute Gasteiger partial charge is 0.341 e. The Balaban J connectivity index is 1.78. The van der Waals surface area contributed by atoms with Gasteiger partial charge in [-0.05, 0) is 49.1 Å². The summed E-state index contributed by atoms with van der Waals surface area (Å²) in [5.74, 6) is -0.117. The van der Waals surface area contributed by atoms with Crippen molar-refractivity contribution >= 4 is 28.5 Å². The van der Waals surface area contributed by atoms with E-state index in [9.17, 15) is 14.4 Å². The van der Waals surface area contributed by atoms with Gasteiger partial charge in [0.1, 0.15) is 6.54 Å². The standard InChI is InChI=1S/C21H21ClN4O3/c22-16-8-6-15(7-9-16)13-26-20(28)19-17(5-4-10-23-19)25(21(26)29)14-18(27)24-11-2-1-3-12-24/h4-10H,1-3,11-14H2. The molecule has 0 radical (unpaired) electrons. The van der Waals surface area contributed by atoms with Crippen LogP contribution in [-0.4, -0.2) is 38.0 Å². The highest BCUT2D eigenvalue weighted by atomic mass is 35.5. The number of benzene rings is 1. The second kappa shape index (κ2) is 8.21. The molecule has 0 atom stereocenters. The van der Waals surface area contributed by atoms with Crippen molar-refractivity contribution < 1.29 is 4.79 Å². The zero-order chi connectivity index (χ0) is 20.4. The number of fused-ring (bicyclic) bond motifs is 1. The summed E-state index contributed by atoms with van der Waals surface area (Å²) in [7, 11) is 0. The predicted octanol–water partition coefficient (Wildman–Crippen LogP) is 2.27. The number of piperidine rings is 1. The maximum atomic E-state index is 13.2. The van der Waals surface area contributed by atoms with Gasteiger partial charge in [-0.25, -0.2) is 9.78 Å². The van der Waals surface area contributed by atoms with Crippen molar-refractivity contribution in [3.63, 3.8) is 0 Å². The molecule has 1 fully saturated rings.